The van der Waals surface area contributed by atoms with Gasteiger partial charge in [-0.25, -0.2) is 13.8 Å². The van der Waals surface area contributed by atoms with E-state index < -0.39 is 6.67 Å². The molecule has 1 aromatic carbocycles. The number of hydrogen-bond acceptors (Lipinski definition) is 2. The first-order valence-corrected chi connectivity index (χ1v) is 6.05. The van der Waals surface area contributed by atoms with Crippen molar-refractivity contribution in [1.82, 2.24) is 10.6 Å². The number of nitriles is 1. The Bertz CT molecular complexity index is 522. The largest absolute Gasteiger partial charge is 0.349 e. The molecular weight excluding hydrogens is 250 g/mol. The van der Waals surface area contributed by atoms with Gasteiger partial charge in [-0.2, -0.15) is 5.26 Å². The van der Waals surface area contributed by atoms with Crippen LogP contribution in [0.5, 0.6) is 0 Å². The molecule has 0 amide bonds. The van der Waals surface area contributed by atoms with Crippen LogP contribution in [0.15, 0.2) is 23.2 Å². The first-order chi connectivity index (χ1) is 9.26. The minimum absolute atomic E-state index is 0.0141. The van der Waals surface area contributed by atoms with E-state index in [1.807, 2.05) is 6.07 Å². The van der Waals surface area contributed by atoms with E-state index in [1.165, 1.54) is 6.07 Å². The average molecular weight is 264 g/mol. The number of rotatable bonds is 3. The Labute approximate surface area is 110 Å². The van der Waals surface area contributed by atoms with Gasteiger partial charge in [-0.3, -0.25) is 5.32 Å². The molecule has 6 heteroatoms. The molecule has 4 nitrogen and oxygen atoms in total. The Balaban J connectivity index is 2.13. The van der Waals surface area contributed by atoms with E-state index in [2.05, 4.69) is 15.6 Å². The second-order valence-corrected chi connectivity index (χ2v) is 4.20. The van der Waals surface area contributed by atoms with Crippen molar-refractivity contribution in [1.29, 1.82) is 5.26 Å². The lowest BCUT2D eigenvalue weighted by Gasteiger charge is -2.16. The lowest BCUT2D eigenvalue weighted by Crippen LogP contribution is -2.36. The highest BCUT2D eigenvalue weighted by Crippen LogP contribution is 2.32. The molecule has 0 aliphatic heterocycles. The molecule has 1 unspecified atom stereocenters. The molecular formula is C13H14F2N4. The third kappa shape index (κ3) is 2.99. The van der Waals surface area contributed by atoms with E-state index in [-0.39, 0.29) is 24.4 Å². The first kappa shape index (κ1) is 13.3. The van der Waals surface area contributed by atoms with Gasteiger partial charge < -0.3 is 5.32 Å². The van der Waals surface area contributed by atoms with Gasteiger partial charge in [0, 0.05) is 0 Å². The molecule has 0 saturated carbocycles. The van der Waals surface area contributed by atoms with Crippen molar-refractivity contribution in [3.05, 3.63) is 35.1 Å². The van der Waals surface area contributed by atoms with Gasteiger partial charge in [-0.05, 0) is 30.0 Å². The summed E-state index contributed by atoms with van der Waals surface area (Å²) in [5.74, 6) is 0.0135. The van der Waals surface area contributed by atoms with Gasteiger partial charge in [0.15, 0.2) is 6.19 Å². The number of halogens is 2. The fraction of sp³-hybridized carbons (Fsp3) is 0.385. The molecule has 1 atom stereocenters. The maximum absolute atomic E-state index is 13.6. The first-order valence-electron chi connectivity index (χ1n) is 6.05. The second-order valence-electron chi connectivity index (χ2n) is 4.20. The number of fused-ring (bicyclic) bond motifs is 1. The third-order valence-electron chi connectivity index (χ3n) is 3.05. The van der Waals surface area contributed by atoms with Crippen molar-refractivity contribution < 1.29 is 8.78 Å². The highest BCUT2D eigenvalue weighted by molar-refractivity contribution is 5.81. The summed E-state index contributed by atoms with van der Waals surface area (Å²) in [5, 5.41) is 14.0. The third-order valence-corrected chi connectivity index (χ3v) is 3.05. The zero-order valence-electron chi connectivity index (χ0n) is 10.3. The smallest absolute Gasteiger partial charge is 0.205 e. The Kier molecular flexibility index (Phi) is 4.29. The van der Waals surface area contributed by atoms with Gasteiger partial charge in [-0.15, -0.1) is 0 Å². The summed E-state index contributed by atoms with van der Waals surface area (Å²) in [6.45, 7) is -0.603. The molecule has 0 fully saturated rings. The molecule has 0 heterocycles. The highest BCUT2D eigenvalue weighted by Gasteiger charge is 2.25. The summed E-state index contributed by atoms with van der Waals surface area (Å²) >= 11 is 0. The Morgan fingerprint density at radius 2 is 2.37 bits per heavy atom. The molecule has 0 aromatic heterocycles. The number of alkyl halides is 1. The number of benzene rings is 1. The maximum atomic E-state index is 13.6. The van der Waals surface area contributed by atoms with E-state index in [0.29, 0.717) is 12.0 Å². The fourth-order valence-corrected chi connectivity index (χ4v) is 2.25. The monoisotopic (exact) mass is 264 g/mol. The zero-order chi connectivity index (χ0) is 13.7. The molecule has 0 bridgehead atoms. The number of aliphatic imine (C=N–C) groups is 1. The van der Waals surface area contributed by atoms with Crippen LogP contribution in [-0.4, -0.2) is 19.2 Å². The van der Waals surface area contributed by atoms with Crippen LogP contribution in [0, 0.1) is 17.3 Å². The van der Waals surface area contributed by atoms with Gasteiger partial charge >= 0.3 is 0 Å². The molecule has 100 valence electrons. The predicted octanol–water partition coefficient (Wildman–Crippen LogP) is 1.80. The van der Waals surface area contributed by atoms with Crippen LogP contribution in [0.3, 0.4) is 0 Å². The van der Waals surface area contributed by atoms with Crippen LogP contribution in [0.4, 0.5) is 8.78 Å². The van der Waals surface area contributed by atoms with E-state index >= 15 is 0 Å². The predicted molar refractivity (Wildman–Crippen MR) is 67.6 cm³/mol. The van der Waals surface area contributed by atoms with Gasteiger partial charge in [0.2, 0.25) is 5.96 Å². The van der Waals surface area contributed by atoms with E-state index in [1.54, 1.807) is 12.3 Å². The van der Waals surface area contributed by atoms with Crippen molar-refractivity contribution in [3.8, 4) is 6.19 Å². The lowest BCUT2D eigenvalue weighted by atomic mass is 10.1. The van der Waals surface area contributed by atoms with Crippen LogP contribution < -0.4 is 10.6 Å². The van der Waals surface area contributed by atoms with E-state index in [0.717, 1.165) is 12.0 Å². The van der Waals surface area contributed by atoms with Crippen LogP contribution >= 0.6 is 0 Å². The molecule has 0 radical (unpaired) electrons. The van der Waals surface area contributed by atoms with Gasteiger partial charge in [0.05, 0.1) is 12.6 Å². The van der Waals surface area contributed by atoms with Crippen molar-refractivity contribution in [2.75, 3.05) is 13.2 Å². The standard InChI is InChI=1S/C13H14F2N4/c14-6-7-17-13(18-8-16)19-12-5-4-9-10(12)2-1-3-11(9)15/h1-3,12H,4-7H2,(H2,17,18,19). The number of guanidine groups is 1. The SMILES string of the molecule is N#CNC(=NCCF)NC1CCc2c(F)cccc21. The summed E-state index contributed by atoms with van der Waals surface area (Å²) in [5.41, 5.74) is 1.56. The van der Waals surface area contributed by atoms with Gasteiger partial charge in [0.25, 0.3) is 0 Å². The summed E-state index contributed by atoms with van der Waals surface area (Å²) in [6, 6.07) is 4.84. The second kappa shape index (κ2) is 6.14. The molecule has 19 heavy (non-hydrogen) atoms. The van der Waals surface area contributed by atoms with Crippen molar-refractivity contribution in [2.45, 2.75) is 18.9 Å². The van der Waals surface area contributed by atoms with Crippen LogP contribution in [-0.2, 0) is 6.42 Å². The average Bonchev–Trinajstić information content (AvgIpc) is 2.81. The number of nitrogens with one attached hydrogen (secondary N) is 2. The van der Waals surface area contributed by atoms with E-state index in [4.69, 9.17) is 5.26 Å². The Hall–Kier alpha value is -2.16. The molecule has 0 saturated heterocycles. The molecule has 0 spiro atoms. The fourth-order valence-electron chi connectivity index (χ4n) is 2.25. The van der Waals surface area contributed by atoms with Crippen LogP contribution in [0.1, 0.15) is 23.6 Å². The van der Waals surface area contributed by atoms with Crippen molar-refractivity contribution in [2.24, 2.45) is 4.99 Å². The van der Waals surface area contributed by atoms with Gasteiger partial charge in [0.1, 0.15) is 12.5 Å². The topological polar surface area (TPSA) is 60.2 Å². The van der Waals surface area contributed by atoms with Gasteiger partial charge in [-0.1, -0.05) is 12.1 Å². The lowest BCUT2D eigenvalue weighted by molar-refractivity contribution is 0.503. The summed E-state index contributed by atoms with van der Waals surface area (Å²) < 4.78 is 25.7. The molecule has 2 N–H and O–H groups in total. The minimum Gasteiger partial charge on any atom is -0.349 e. The van der Waals surface area contributed by atoms with Crippen LogP contribution in [0.25, 0.3) is 0 Å². The minimum atomic E-state index is -0.589. The number of hydrogen-bond donors (Lipinski definition) is 2. The van der Waals surface area contributed by atoms with Crippen molar-refractivity contribution in [3.63, 3.8) is 0 Å². The summed E-state index contributed by atoms with van der Waals surface area (Å²) in [7, 11) is 0. The quantitative estimate of drug-likeness (QED) is 0.379. The number of nitrogens with zero attached hydrogens (tertiary/aromatic N) is 2. The summed E-state index contributed by atoms with van der Waals surface area (Å²) in [6.07, 6.45) is 3.11. The van der Waals surface area contributed by atoms with Crippen LogP contribution in [0.2, 0.25) is 0 Å². The molecule has 1 aromatic rings. The van der Waals surface area contributed by atoms with E-state index in [9.17, 15) is 8.78 Å². The molecule has 1 aliphatic rings. The Morgan fingerprint density at radius 3 is 3.11 bits per heavy atom. The molecule has 2 rings (SSSR count). The molecule has 1 aliphatic carbocycles. The highest BCUT2D eigenvalue weighted by atomic mass is 19.1. The Morgan fingerprint density at radius 1 is 1.53 bits per heavy atom. The normalized spacial score (nSPS) is 17.7. The summed E-state index contributed by atoms with van der Waals surface area (Å²) in [4.78, 5) is 3.89. The zero-order valence-corrected chi connectivity index (χ0v) is 10.3. The van der Waals surface area contributed by atoms with Crippen molar-refractivity contribution >= 4 is 5.96 Å². The maximum Gasteiger partial charge on any atom is 0.205 e.